The van der Waals surface area contributed by atoms with E-state index in [1.54, 1.807) is 12.4 Å². The van der Waals surface area contributed by atoms with E-state index >= 15 is 0 Å². The van der Waals surface area contributed by atoms with E-state index in [-0.39, 0.29) is 0 Å². The molecule has 0 bridgehead atoms. The van der Waals surface area contributed by atoms with Crippen LogP contribution in [0.5, 0.6) is 0 Å². The molecule has 4 nitrogen and oxygen atoms in total. The highest BCUT2D eigenvalue weighted by atomic mass is 16.5. The third kappa shape index (κ3) is 4.05. The molecule has 1 atom stereocenters. The van der Waals surface area contributed by atoms with Crippen molar-refractivity contribution in [2.45, 2.75) is 19.4 Å². The Hall–Kier alpha value is -2.46. The average Bonchev–Trinajstić information content (AvgIpc) is 3.04. The zero-order valence-corrected chi connectivity index (χ0v) is 13.5. The number of hydrogen-bond acceptors (Lipinski definition) is 4. The zero-order valence-electron chi connectivity index (χ0n) is 13.5. The van der Waals surface area contributed by atoms with Gasteiger partial charge in [0.2, 0.25) is 0 Å². The molecule has 0 aliphatic rings. The van der Waals surface area contributed by atoms with Crippen LogP contribution in [-0.4, -0.2) is 28.6 Å². The second-order valence-corrected chi connectivity index (χ2v) is 5.93. The highest BCUT2D eigenvalue weighted by Crippen LogP contribution is 2.20. The fraction of sp³-hybridized carbons (Fsp3) is 0.263. The van der Waals surface area contributed by atoms with Gasteiger partial charge in [0.25, 0.3) is 0 Å². The van der Waals surface area contributed by atoms with Gasteiger partial charge in [-0.25, -0.2) is 0 Å². The molecule has 3 aromatic rings. The summed E-state index contributed by atoms with van der Waals surface area (Å²) in [4.78, 5) is 6.37. The summed E-state index contributed by atoms with van der Waals surface area (Å²) in [6, 6.07) is 16.4. The van der Waals surface area contributed by atoms with Crippen LogP contribution in [0.3, 0.4) is 0 Å². The molecule has 2 heterocycles. The number of nitrogens with zero attached hydrogens (tertiary/aromatic N) is 3. The minimum atomic E-state index is 0.474. The highest BCUT2D eigenvalue weighted by Gasteiger charge is 2.12. The second-order valence-electron chi connectivity index (χ2n) is 5.93. The molecule has 0 unspecified atom stereocenters. The molecule has 4 heteroatoms. The van der Waals surface area contributed by atoms with Gasteiger partial charge in [-0.15, -0.1) is 0 Å². The van der Waals surface area contributed by atoms with Gasteiger partial charge in [-0.3, -0.25) is 9.88 Å². The van der Waals surface area contributed by atoms with Crippen molar-refractivity contribution < 1.29 is 4.52 Å². The van der Waals surface area contributed by atoms with Crippen molar-refractivity contribution >= 4 is 0 Å². The third-order valence-electron chi connectivity index (χ3n) is 3.90. The summed E-state index contributed by atoms with van der Waals surface area (Å²) in [7, 11) is 2.10. The molecule has 0 saturated carbocycles. The van der Waals surface area contributed by atoms with Crippen molar-refractivity contribution in [3.63, 3.8) is 0 Å². The number of rotatable bonds is 6. The molecular formula is C19H21N3O. The normalized spacial score (nSPS) is 12.5. The van der Waals surface area contributed by atoms with Gasteiger partial charge in [-0.1, -0.05) is 42.4 Å². The number of pyridine rings is 1. The van der Waals surface area contributed by atoms with Crippen molar-refractivity contribution in [3.8, 4) is 11.3 Å². The molecule has 0 radical (unpaired) electrons. The van der Waals surface area contributed by atoms with Crippen LogP contribution < -0.4 is 0 Å². The highest BCUT2D eigenvalue weighted by molar-refractivity contribution is 5.57. The minimum Gasteiger partial charge on any atom is -0.359 e. The number of benzene rings is 1. The van der Waals surface area contributed by atoms with Crippen molar-refractivity contribution in [1.82, 2.24) is 15.0 Å². The lowest BCUT2D eigenvalue weighted by Gasteiger charge is -2.20. The summed E-state index contributed by atoms with van der Waals surface area (Å²) < 4.78 is 5.46. The maximum absolute atomic E-state index is 5.46. The van der Waals surface area contributed by atoms with Crippen LogP contribution in [0.15, 0.2) is 65.4 Å². The molecule has 0 fully saturated rings. The Morgan fingerprint density at radius 3 is 2.70 bits per heavy atom. The van der Waals surface area contributed by atoms with E-state index in [0.29, 0.717) is 5.92 Å². The fourth-order valence-electron chi connectivity index (χ4n) is 2.72. The van der Waals surface area contributed by atoms with E-state index in [1.807, 2.05) is 18.2 Å². The van der Waals surface area contributed by atoms with Gasteiger partial charge in [0.05, 0.1) is 6.54 Å². The van der Waals surface area contributed by atoms with E-state index in [2.05, 4.69) is 59.3 Å². The molecule has 3 rings (SSSR count). The third-order valence-corrected chi connectivity index (χ3v) is 3.90. The smallest absolute Gasteiger partial charge is 0.151 e. The summed E-state index contributed by atoms with van der Waals surface area (Å²) in [6.07, 6.45) is 3.55. The molecule has 0 N–H and O–H groups in total. The molecule has 1 aromatic carbocycles. The first-order valence-corrected chi connectivity index (χ1v) is 7.82. The number of likely N-dealkylation sites (N-methyl/N-ethyl adjacent to an activating group) is 1. The van der Waals surface area contributed by atoms with Gasteiger partial charge >= 0.3 is 0 Å². The van der Waals surface area contributed by atoms with Gasteiger partial charge < -0.3 is 4.52 Å². The first-order valence-electron chi connectivity index (χ1n) is 7.82. The Bertz CT molecular complexity index is 725. The predicted octanol–water partition coefficient (Wildman–Crippen LogP) is 3.97. The van der Waals surface area contributed by atoms with E-state index in [4.69, 9.17) is 4.52 Å². The van der Waals surface area contributed by atoms with Crippen molar-refractivity contribution in [2.24, 2.45) is 0 Å². The predicted molar refractivity (Wildman–Crippen MR) is 90.9 cm³/mol. The van der Waals surface area contributed by atoms with Gasteiger partial charge in [0.15, 0.2) is 5.76 Å². The Labute approximate surface area is 136 Å². The van der Waals surface area contributed by atoms with Gasteiger partial charge in [0, 0.05) is 30.6 Å². The number of hydrogen-bond donors (Lipinski definition) is 0. The first-order chi connectivity index (χ1) is 11.2. The lowest BCUT2D eigenvalue weighted by Crippen LogP contribution is -2.22. The molecule has 2 aromatic heterocycles. The van der Waals surface area contributed by atoms with E-state index in [0.717, 1.165) is 30.1 Å². The van der Waals surface area contributed by atoms with Crippen molar-refractivity contribution in [1.29, 1.82) is 0 Å². The van der Waals surface area contributed by atoms with Crippen LogP contribution in [-0.2, 0) is 6.54 Å². The molecule has 0 aliphatic carbocycles. The Morgan fingerprint density at radius 2 is 1.96 bits per heavy atom. The van der Waals surface area contributed by atoms with E-state index in [9.17, 15) is 0 Å². The molecule has 0 saturated heterocycles. The first kappa shape index (κ1) is 15.4. The quantitative estimate of drug-likeness (QED) is 0.691. The Morgan fingerprint density at radius 1 is 1.13 bits per heavy atom. The standard InChI is InChI=1S/C19H21N3O/c1-15(16-7-4-3-5-8-16)13-22(2)14-18-11-19(21-23-18)17-9-6-10-20-12-17/h3-12,15H,13-14H2,1-2H3/t15-/m0/s1. The van der Waals surface area contributed by atoms with Gasteiger partial charge in [-0.05, 0) is 30.7 Å². The largest absolute Gasteiger partial charge is 0.359 e. The lowest BCUT2D eigenvalue weighted by atomic mass is 10.0. The molecular weight excluding hydrogens is 286 g/mol. The topological polar surface area (TPSA) is 42.2 Å². The summed E-state index contributed by atoms with van der Waals surface area (Å²) in [5.41, 5.74) is 3.16. The lowest BCUT2D eigenvalue weighted by molar-refractivity contribution is 0.263. The summed E-state index contributed by atoms with van der Waals surface area (Å²) in [5.74, 6) is 1.34. The van der Waals surface area contributed by atoms with E-state index < -0.39 is 0 Å². The van der Waals surface area contributed by atoms with Crippen LogP contribution in [0.2, 0.25) is 0 Å². The second kappa shape index (κ2) is 7.20. The molecule has 23 heavy (non-hydrogen) atoms. The molecule has 0 aliphatic heterocycles. The van der Waals surface area contributed by atoms with Crippen LogP contribution >= 0.6 is 0 Å². The van der Waals surface area contributed by atoms with Crippen molar-refractivity contribution in [3.05, 3.63) is 72.2 Å². The van der Waals surface area contributed by atoms with Crippen LogP contribution in [0, 0.1) is 0 Å². The minimum absolute atomic E-state index is 0.474. The summed E-state index contributed by atoms with van der Waals surface area (Å²) in [5, 5.41) is 4.14. The molecule has 0 amide bonds. The maximum atomic E-state index is 5.46. The van der Waals surface area contributed by atoms with Crippen molar-refractivity contribution in [2.75, 3.05) is 13.6 Å². The fourth-order valence-corrected chi connectivity index (χ4v) is 2.72. The monoisotopic (exact) mass is 307 g/mol. The summed E-state index contributed by atoms with van der Waals surface area (Å²) in [6.45, 7) is 3.95. The van der Waals surface area contributed by atoms with Crippen LogP contribution in [0.1, 0.15) is 24.2 Å². The Kier molecular flexibility index (Phi) is 4.83. The summed E-state index contributed by atoms with van der Waals surface area (Å²) >= 11 is 0. The zero-order chi connectivity index (χ0) is 16.1. The molecule has 118 valence electrons. The average molecular weight is 307 g/mol. The maximum Gasteiger partial charge on any atom is 0.151 e. The molecule has 0 spiro atoms. The van der Waals surface area contributed by atoms with Gasteiger partial charge in [-0.2, -0.15) is 0 Å². The van der Waals surface area contributed by atoms with Gasteiger partial charge in [0.1, 0.15) is 5.69 Å². The Balaban J connectivity index is 1.60. The van der Waals surface area contributed by atoms with Crippen LogP contribution in [0.25, 0.3) is 11.3 Å². The van der Waals surface area contributed by atoms with E-state index in [1.165, 1.54) is 5.56 Å². The SMILES string of the molecule is C[C@@H](CN(C)Cc1cc(-c2cccnc2)no1)c1ccccc1. The van der Waals surface area contributed by atoms with Crippen LogP contribution in [0.4, 0.5) is 0 Å². The number of aromatic nitrogens is 2.